The molecule has 2 aliphatic rings. The molecule has 0 aromatic rings. The van der Waals surface area contributed by atoms with Gasteiger partial charge in [0.15, 0.2) is 0 Å². The second-order valence-electron chi connectivity index (χ2n) is 4.72. The van der Waals surface area contributed by atoms with Crippen LogP contribution in [0.2, 0.25) is 0 Å². The van der Waals surface area contributed by atoms with E-state index in [0.717, 1.165) is 23.7 Å². The van der Waals surface area contributed by atoms with E-state index in [-0.39, 0.29) is 0 Å². The summed E-state index contributed by atoms with van der Waals surface area (Å²) in [5.74, 6) is 3.80. The molecule has 1 N–H and O–H groups in total. The van der Waals surface area contributed by atoms with E-state index in [2.05, 4.69) is 19.6 Å². The quantitative estimate of drug-likeness (QED) is 0.661. The topological polar surface area (TPSA) is 20.2 Å². The third-order valence-corrected chi connectivity index (χ3v) is 4.35. The fraction of sp³-hybridized carbons (Fsp3) is 0.833. The van der Waals surface area contributed by atoms with Crippen LogP contribution in [0.5, 0.6) is 0 Å². The molecule has 1 nitrogen and oxygen atoms in total. The Morgan fingerprint density at radius 3 is 2.77 bits per heavy atom. The molecule has 1 unspecified atom stereocenters. The Hall–Kier alpha value is -0.300. The minimum atomic E-state index is 0.404. The zero-order valence-corrected chi connectivity index (χ0v) is 8.45. The van der Waals surface area contributed by atoms with Crippen molar-refractivity contribution in [2.45, 2.75) is 26.2 Å². The average molecular weight is 180 g/mol. The lowest BCUT2D eigenvalue weighted by molar-refractivity contribution is 0.119. The number of rotatable bonds is 3. The van der Waals surface area contributed by atoms with Gasteiger partial charge in [-0.2, -0.15) is 0 Å². The third-order valence-electron chi connectivity index (χ3n) is 4.35. The minimum absolute atomic E-state index is 0.404. The third kappa shape index (κ3) is 1.25. The van der Waals surface area contributed by atoms with Gasteiger partial charge in [0.25, 0.3) is 0 Å². The lowest BCUT2D eigenvalue weighted by Crippen LogP contribution is -2.28. The molecular formula is C12H20O. The van der Waals surface area contributed by atoms with Crippen LogP contribution < -0.4 is 0 Å². The average Bonchev–Trinajstić information content (AvgIpc) is 2.72. The fourth-order valence-electron chi connectivity index (χ4n) is 3.83. The van der Waals surface area contributed by atoms with E-state index in [1.807, 2.05) is 0 Å². The molecule has 2 rings (SSSR count). The Kier molecular flexibility index (Phi) is 2.46. The highest BCUT2D eigenvalue weighted by Gasteiger charge is 2.49. The van der Waals surface area contributed by atoms with Crippen LogP contribution >= 0.6 is 0 Å². The van der Waals surface area contributed by atoms with Crippen LogP contribution in [0.25, 0.3) is 0 Å². The molecule has 0 radical (unpaired) electrons. The Morgan fingerprint density at radius 2 is 2.23 bits per heavy atom. The van der Waals surface area contributed by atoms with Crippen molar-refractivity contribution in [1.82, 2.24) is 0 Å². The molecular weight excluding hydrogens is 160 g/mol. The van der Waals surface area contributed by atoms with Crippen LogP contribution in [0.3, 0.4) is 0 Å². The van der Waals surface area contributed by atoms with Crippen LogP contribution in [0.15, 0.2) is 12.7 Å². The van der Waals surface area contributed by atoms with E-state index in [1.54, 1.807) is 0 Å². The molecule has 2 fully saturated rings. The van der Waals surface area contributed by atoms with Gasteiger partial charge in [0, 0.05) is 6.61 Å². The summed E-state index contributed by atoms with van der Waals surface area (Å²) in [6, 6.07) is 0. The van der Waals surface area contributed by atoms with Crippen LogP contribution in [-0.4, -0.2) is 11.7 Å². The second-order valence-corrected chi connectivity index (χ2v) is 4.72. The van der Waals surface area contributed by atoms with E-state index in [9.17, 15) is 5.11 Å². The smallest absolute Gasteiger partial charge is 0.0462 e. The molecule has 0 amide bonds. The van der Waals surface area contributed by atoms with Crippen molar-refractivity contribution in [3.05, 3.63) is 12.7 Å². The van der Waals surface area contributed by atoms with E-state index in [4.69, 9.17) is 0 Å². The molecule has 2 saturated carbocycles. The largest absolute Gasteiger partial charge is 0.396 e. The first-order valence-electron chi connectivity index (χ1n) is 5.55. The fourth-order valence-corrected chi connectivity index (χ4v) is 3.83. The maximum Gasteiger partial charge on any atom is 0.0462 e. The summed E-state index contributed by atoms with van der Waals surface area (Å²) in [4.78, 5) is 0. The number of aliphatic hydroxyl groups excluding tert-OH is 1. The Bertz CT molecular complexity index is 199. The number of fused-ring (bicyclic) bond motifs is 2. The number of hydrogen-bond acceptors (Lipinski definition) is 1. The molecule has 0 aromatic carbocycles. The summed E-state index contributed by atoms with van der Waals surface area (Å²) >= 11 is 0. The summed E-state index contributed by atoms with van der Waals surface area (Å²) in [5, 5.41) is 9.23. The molecule has 0 heterocycles. The highest BCUT2D eigenvalue weighted by atomic mass is 16.3. The SMILES string of the molecule is C=C[C@@H]1[C@H]2CC(CO)[C@H](C2)[C@@H]1CC. The molecule has 0 saturated heterocycles. The van der Waals surface area contributed by atoms with Crippen molar-refractivity contribution in [1.29, 1.82) is 0 Å². The van der Waals surface area contributed by atoms with Crippen LogP contribution in [0, 0.1) is 29.6 Å². The normalized spacial score (nSPS) is 48.3. The van der Waals surface area contributed by atoms with Crippen LogP contribution in [0.4, 0.5) is 0 Å². The summed E-state index contributed by atoms with van der Waals surface area (Å²) in [6.07, 6.45) is 6.01. The maximum atomic E-state index is 9.23. The summed E-state index contributed by atoms with van der Waals surface area (Å²) in [7, 11) is 0. The Balaban J connectivity index is 2.13. The Labute approximate surface area is 80.8 Å². The predicted molar refractivity (Wildman–Crippen MR) is 54.3 cm³/mol. The molecule has 2 bridgehead atoms. The van der Waals surface area contributed by atoms with Crippen molar-refractivity contribution in [2.24, 2.45) is 29.6 Å². The summed E-state index contributed by atoms with van der Waals surface area (Å²) < 4.78 is 0. The van der Waals surface area contributed by atoms with Gasteiger partial charge in [-0.15, -0.1) is 6.58 Å². The molecule has 13 heavy (non-hydrogen) atoms. The van der Waals surface area contributed by atoms with Gasteiger partial charge >= 0.3 is 0 Å². The lowest BCUT2D eigenvalue weighted by atomic mass is 9.73. The molecule has 1 heteroatoms. The van der Waals surface area contributed by atoms with Crippen molar-refractivity contribution in [3.8, 4) is 0 Å². The molecule has 0 spiro atoms. The minimum Gasteiger partial charge on any atom is -0.396 e. The molecule has 2 aliphatic carbocycles. The monoisotopic (exact) mass is 180 g/mol. The summed E-state index contributed by atoms with van der Waals surface area (Å²) in [5.41, 5.74) is 0. The van der Waals surface area contributed by atoms with E-state index < -0.39 is 0 Å². The number of allylic oxidation sites excluding steroid dienone is 1. The van der Waals surface area contributed by atoms with Crippen molar-refractivity contribution in [3.63, 3.8) is 0 Å². The van der Waals surface area contributed by atoms with Gasteiger partial charge in [-0.25, -0.2) is 0 Å². The molecule has 5 atom stereocenters. The summed E-state index contributed by atoms with van der Waals surface area (Å²) in [6.45, 7) is 6.63. The lowest BCUT2D eigenvalue weighted by Gasteiger charge is -2.32. The van der Waals surface area contributed by atoms with Gasteiger partial charge in [0.1, 0.15) is 0 Å². The first-order chi connectivity index (χ1) is 6.31. The van der Waals surface area contributed by atoms with Crippen molar-refractivity contribution < 1.29 is 5.11 Å². The molecule has 0 aromatic heterocycles. The second kappa shape index (κ2) is 3.45. The maximum absolute atomic E-state index is 9.23. The van der Waals surface area contributed by atoms with Gasteiger partial charge < -0.3 is 5.11 Å². The predicted octanol–water partition coefficient (Wildman–Crippen LogP) is 2.46. The zero-order valence-electron chi connectivity index (χ0n) is 8.45. The first kappa shape index (κ1) is 9.26. The van der Waals surface area contributed by atoms with Crippen molar-refractivity contribution >= 4 is 0 Å². The zero-order chi connectivity index (χ0) is 9.42. The number of hydrogen-bond donors (Lipinski definition) is 1. The highest BCUT2D eigenvalue weighted by Crippen LogP contribution is 2.56. The van der Waals surface area contributed by atoms with Crippen LogP contribution in [0.1, 0.15) is 26.2 Å². The highest BCUT2D eigenvalue weighted by molar-refractivity contribution is 5.05. The first-order valence-corrected chi connectivity index (χ1v) is 5.55. The molecule has 0 aliphatic heterocycles. The molecule has 74 valence electrons. The standard InChI is InChI=1S/C12H20O/c1-3-10-8-5-9(7-13)12(6-8)11(10)4-2/h3,8-13H,1,4-7H2,2H3/t8-,9?,10+,11+,12-/m0/s1. The van der Waals surface area contributed by atoms with Gasteiger partial charge in [-0.3, -0.25) is 0 Å². The van der Waals surface area contributed by atoms with Gasteiger partial charge in [-0.1, -0.05) is 19.4 Å². The number of aliphatic hydroxyl groups is 1. The van der Waals surface area contributed by atoms with Crippen LogP contribution in [-0.2, 0) is 0 Å². The Morgan fingerprint density at radius 1 is 1.46 bits per heavy atom. The van der Waals surface area contributed by atoms with E-state index in [0.29, 0.717) is 12.5 Å². The van der Waals surface area contributed by atoms with Crippen molar-refractivity contribution in [2.75, 3.05) is 6.61 Å². The van der Waals surface area contributed by atoms with Gasteiger partial charge in [0.2, 0.25) is 0 Å². The van der Waals surface area contributed by atoms with E-state index in [1.165, 1.54) is 19.3 Å². The van der Waals surface area contributed by atoms with Gasteiger partial charge in [0.05, 0.1) is 0 Å². The van der Waals surface area contributed by atoms with E-state index >= 15 is 0 Å². The van der Waals surface area contributed by atoms with Gasteiger partial charge in [-0.05, 0) is 42.4 Å².